The molecule has 1 fully saturated rings. The molecule has 12 nitrogen and oxygen atoms in total. The first-order chi connectivity index (χ1) is 17.8. The SMILES string of the molecule is COCCN=Cc1c(O)cc(OC)cc1OCC(=O)Nc1cc([C@H]2CC[C@@H](OC(=O)NC(C)C)C2)[nH]n1. The van der Waals surface area contributed by atoms with Crippen LogP contribution in [0, 0.1) is 0 Å². The molecule has 2 aromatic rings. The minimum atomic E-state index is -0.430. The fraction of sp³-hybridized carbons (Fsp3) is 0.520. The fourth-order valence-corrected chi connectivity index (χ4v) is 3.94. The van der Waals surface area contributed by atoms with Gasteiger partial charge in [0.05, 0.1) is 25.8 Å². The van der Waals surface area contributed by atoms with Gasteiger partial charge in [-0.1, -0.05) is 0 Å². The summed E-state index contributed by atoms with van der Waals surface area (Å²) in [5, 5.41) is 22.9. The molecule has 2 atom stereocenters. The van der Waals surface area contributed by atoms with Crippen molar-refractivity contribution in [1.29, 1.82) is 0 Å². The van der Waals surface area contributed by atoms with Crippen LogP contribution < -0.4 is 20.1 Å². The molecule has 4 N–H and O–H groups in total. The van der Waals surface area contributed by atoms with Gasteiger partial charge < -0.3 is 34.7 Å². The number of H-pyrrole nitrogens is 1. The van der Waals surface area contributed by atoms with Crippen molar-refractivity contribution in [3.63, 3.8) is 0 Å². The summed E-state index contributed by atoms with van der Waals surface area (Å²) in [7, 11) is 3.04. The molecule has 1 saturated carbocycles. The predicted molar refractivity (Wildman–Crippen MR) is 137 cm³/mol. The third kappa shape index (κ3) is 8.38. The van der Waals surface area contributed by atoms with Crippen LogP contribution in [0.2, 0.25) is 0 Å². The molecule has 1 aliphatic rings. The molecule has 1 heterocycles. The zero-order chi connectivity index (χ0) is 26.8. The third-order valence-electron chi connectivity index (χ3n) is 5.70. The van der Waals surface area contributed by atoms with Gasteiger partial charge in [0.1, 0.15) is 23.4 Å². The van der Waals surface area contributed by atoms with Crippen molar-refractivity contribution in [3.8, 4) is 17.2 Å². The molecule has 1 aliphatic carbocycles. The Labute approximate surface area is 215 Å². The number of methoxy groups -OCH3 is 2. The summed E-state index contributed by atoms with van der Waals surface area (Å²) in [6.45, 7) is 4.27. The first-order valence-electron chi connectivity index (χ1n) is 12.1. The molecule has 0 aliphatic heterocycles. The van der Waals surface area contributed by atoms with E-state index in [0.717, 1.165) is 18.5 Å². The third-order valence-corrected chi connectivity index (χ3v) is 5.70. The van der Waals surface area contributed by atoms with E-state index in [1.54, 1.807) is 19.2 Å². The van der Waals surface area contributed by atoms with Gasteiger partial charge in [0, 0.05) is 49.2 Å². The highest BCUT2D eigenvalue weighted by molar-refractivity contribution is 5.92. The van der Waals surface area contributed by atoms with Gasteiger partial charge in [-0.3, -0.25) is 14.9 Å². The molecule has 0 radical (unpaired) electrons. The number of anilines is 1. The number of aromatic amines is 1. The molecular formula is C25H35N5O7. The standard InChI is InChI=1S/C25H35N5O7/c1-15(2)27-25(33)37-17-6-5-16(9-17)20-12-23(30-29-20)28-24(32)14-36-22-11-18(35-4)10-21(31)19(22)13-26-7-8-34-3/h10-13,15-17,31H,5-9,14H2,1-4H3,(H,27,33)(H2,28,29,30,32)/t16-,17+/m0/s1. The predicted octanol–water partition coefficient (Wildman–Crippen LogP) is 2.98. The number of nitrogens with one attached hydrogen (secondary N) is 3. The topological polar surface area (TPSA) is 156 Å². The Kier molecular flexibility index (Phi) is 10.1. The van der Waals surface area contributed by atoms with E-state index >= 15 is 0 Å². The number of nitrogens with zero attached hydrogens (tertiary/aromatic N) is 2. The lowest BCUT2D eigenvalue weighted by Crippen LogP contribution is -2.33. The number of amides is 2. The molecule has 3 rings (SSSR count). The highest BCUT2D eigenvalue weighted by Gasteiger charge is 2.30. The van der Waals surface area contributed by atoms with Crippen molar-refractivity contribution in [2.45, 2.75) is 51.2 Å². The summed E-state index contributed by atoms with van der Waals surface area (Å²) in [6.07, 6.45) is 3.17. The minimum Gasteiger partial charge on any atom is -0.507 e. The van der Waals surface area contributed by atoms with E-state index in [4.69, 9.17) is 18.9 Å². The zero-order valence-electron chi connectivity index (χ0n) is 21.6. The number of phenols is 1. The molecule has 0 saturated heterocycles. The molecule has 12 heteroatoms. The van der Waals surface area contributed by atoms with E-state index in [1.807, 2.05) is 13.8 Å². The highest BCUT2D eigenvalue weighted by atomic mass is 16.6. The number of carbonyl (C=O) groups excluding carboxylic acids is 2. The minimum absolute atomic E-state index is 0.0164. The Morgan fingerprint density at radius 1 is 1.27 bits per heavy atom. The molecule has 0 bridgehead atoms. The Balaban J connectivity index is 1.55. The van der Waals surface area contributed by atoms with Crippen molar-refractivity contribution in [2.24, 2.45) is 4.99 Å². The fourth-order valence-electron chi connectivity index (χ4n) is 3.94. The smallest absolute Gasteiger partial charge is 0.407 e. The summed E-state index contributed by atoms with van der Waals surface area (Å²) < 4.78 is 21.3. The Morgan fingerprint density at radius 3 is 2.81 bits per heavy atom. The van der Waals surface area contributed by atoms with Crippen LogP contribution in [0.15, 0.2) is 23.2 Å². The van der Waals surface area contributed by atoms with Crippen LogP contribution >= 0.6 is 0 Å². The summed E-state index contributed by atoms with van der Waals surface area (Å²) in [5.74, 6) is 0.606. The highest BCUT2D eigenvalue weighted by Crippen LogP contribution is 2.36. The maximum atomic E-state index is 12.5. The van der Waals surface area contributed by atoms with E-state index in [0.29, 0.717) is 36.7 Å². The number of carbonyl (C=O) groups is 2. The molecule has 37 heavy (non-hydrogen) atoms. The second kappa shape index (κ2) is 13.5. The lowest BCUT2D eigenvalue weighted by Gasteiger charge is -2.14. The second-order valence-electron chi connectivity index (χ2n) is 8.97. The van der Waals surface area contributed by atoms with Crippen LogP contribution in [0.3, 0.4) is 0 Å². The summed E-state index contributed by atoms with van der Waals surface area (Å²) in [5.41, 5.74) is 1.19. The van der Waals surface area contributed by atoms with Gasteiger partial charge in [0.15, 0.2) is 12.4 Å². The number of aromatic nitrogens is 2. The van der Waals surface area contributed by atoms with Gasteiger partial charge in [-0.2, -0.15) is 5.10 Å². The number of phenolic OH excluding ortho intramolecular Hbond substituents is 1. The lowest BCUT2D eigenvalue weighted by atomic mass is 10.0. The largest absolute Gasteiger partial charge is 0.507 e. The zero-order valence-corrected chi connectivity index (χ0v) is 21.6. The Hall–Kier alpha value is -3.80. The normalized spacial score (nSPS) is 17.2. The molecule has 1 aromatic carbocycles. The molecule has 1 aromatic heterocycles. The van der Waals surface area contributed by atoms with Gasteiger partial charge in [0.2, 0.25) is 0 Å². The number of rotatable bonds is 12. The van der Waals surface area contributed by atoms with E-state index in [9.17, 15) is 14.7 Å². The average Bonchev–Trinajstić information content (AvgIpc) is 3.50. The molecular weight excluding hydrogens is 482 g/mol. The second-order valence-corrected chi connectivity index (χ2v) is 8.97. The summed E-state index contributed by atoms with van der Waals surface area (Å²) >= 11 is 0. The quantitative estimate of drug-likeness (QED) is 0.247. The number of aliphatic imine (C=N–C) groups is 1. The Bertz CT molecular complexity index is 1090. The van der Waals surface area contributed by atoms with Crippen molar-refractivity contribution in [3.05, 3.63) is 29.5 Å². The van der Waals surface area contributed by atoms with Crippen molar-refractivity contribution < 1.29 is 33.6 Å². The van der Waals surface area contributed by atoms with Crippen molar-refractivity contribution in [2.75, 3.05) is 39.3 Å². The number of hydrogen-bond donors (Lipinski definition) is 4. The van der Waals surface area contributed by atoms with E-state index < -0.39 is 12.0 Å². The van der Waals surface area contributed by atoms with E-state index in [-0.39, 0.29) is 36.2 Å². The molecule has 2 amide bonds. The number of hydrogen-bond acceptors (Lipinski definition) is 9. The van der Waals surface area contributed by atoms with E-state index in [1.165, 1.54) is 19.4 Å². The number of aromatic hydroxyl groups is 1. The van der Waals surface area contributed by atoms with Gasteiger partial charge >= 0.3 is 6.09 Å². The molecule has 0 unspecified atom stereocenters. The van der Waals surface area contributed by atoms with Crippen LogP contribution in [0.25, 0.3) is 0 Å². The first kappa shape index (κ1) is 27.8. The lowest BCUT2D eigenvalue weighted by molar-refractivity contribution is -0.118. The maximum Gasteiger partial charge on any atom is 0.407 e. The van der Waals surface area contributed by atoms with Gasteiger partial charge in [-0.15, -0.1) is 0 Å². The van der Waals surface area contributed by atoms with Gasteiger partial charge in [-0.25, -0.2) is 4.79 Å². The van der Waals surface area contributed by atoms with Crippen LogP contribution in [0.5, 0.6) is 17.2 Å². The number of benzene rings is 1. The number of alkyl carbamates (subject to hydrolysis) is 1. The van der Waals surface area contributed by atoms with Crippen LogP contribution in [0.1, 0.15) is 50.3 Å². The monoisotopic (exact) mass is 517 g/mol. The molecule has 0 spiro atoms. The summed E-state index contributed by atoms with van der Waals surface area (Å²) in [4.78, 5) is 28.6. The van der Waals surface area contributed by atoms with Gasteiger partial charge in [0.25, 0.3) is 5.91 Å². The number of ether oxygens (including phenoxy) is 4. The van der Waals surface area contributed by atoms with Crippen LogP contribution in [-0.2, 0) is 14.3 Å². The van der Waals surface area contributed by atoms with Crippen LogP contribution in [0.4, 0.5) is 10.6 Å². The van der Waals surface area contributed by atoms with Crippen molar-refractivity contribution >= 4 is 24.0 Å². The first-order valence-corrected chi connectivity index (χ1v) is 12.1. The van der Waals surface area contributed by atoms with Crippen LogP contribution in [-0.4, -0.2) is 79.6 Å². The van der Waals surface area contributed by atoms with Gasteiger partial charge in [-0.05, 0) is 33.1 Å². The van der Waals surface area contributed by atoms with E-state index in [2.05, 4.69) is 25.8 Å². The average molecular weight is 518 g/mol. The van der Waals surface area contributed by atoms with Crippen molar-refractivity contribution in [1.82, 2.24) is 15.5 Å². The summed E-state index contributed by atoms with van der Waals surface area (Å²) in [6, 6.07) is 4.79. The molecule has 202 valence electrons. The maximum absolute atomic E-state index is 12.5. The Morgan fingerprint density at radius 2 is 2.08 bits per heavy atom.